The molecule has 0 bridgehead atoms. The maximum Gasteiger partial charge on any atom is 0.255 e. The van der Waals surface area contributed by atoms with E-state index in [4.69, 9.17) is 4.74 Å². The average Bonchev–Trinajstić information content (AvgIpc) is 3.34. The van der Waals surface area contributed by atoms with Crippen LogP contribution in [0.25, 0.3) is 5.69 Å². The number of fused-ring (bicyclic) bond motifs is 1. The van der Waals surface area contributed by atoms with Gasteiger partial charge in [-0.3, -0.25) is 19.7 Å². The Bertz CT molecular complexity index is 996. The van der Waals surface area contributed by atoms with Gasteiger partial charge < -0.3 is 15.0 Å². The number of benzene rings is 1. The van der Waals surface area contributed by atoms with Crippen molar-refractivity contribution in [3.63, 3.8) is 0 Å². The van der Waals surface area contributed by atoms with Gasteiger partial charge in [-0.05, 0) is 30.2 Å². The molecule has 5 rings (SSSR count). The fourth-order valence-electron chi connectivity index (χ4n) is 4.02. The number of carbonyl (C=O) groups excluding carboxylic acids is 3. The maximum absolute atomic E-state index is 12.8. The highest BCUT2D eigenvalue weighted by molar-refractivity contribution is 6.05. The number of ether oxygens (including phenoxy) is 1. The van der Waals surface area contributed by atoms with Gasteiger partial charge in [-0.2, -0.15) is 0 Å². The Labute approximate surface area is 166 Å². The van der Waals surface area contributed by atoms with E-state index in [1.54, 1.807) is 10.7 Å². The topological polar surface area (TPSA) is 118 Å². The molecule has 2 aromatic rings. The van der Waals surface area contributed by atoms with E-state index in [-0.39, 0.29) is 24.3 Å². The molecule has 10 nitrogen and oxygen atoms in total. The molecule has 3 aliphatic heterocycles. The van der Waals surface area contributed by atoms with Gasteiger partial charge in [-0.1, -0.05) is 5.21 Å². The standard InChI is InChI=1S/C19H20N6O4/c26-17-4-3-16(18(27)21-17)24-8-11-7-12(1-2-13(11)19(24)28)25-9-14(22-23-25)15-10-29-6-5-20-15/h1-2,7,9,15-16,20H,3-6,8,10H2,(H,21,26,27). The lowest BCUT2D eigenvalue weighted by Crippen LogP contribution is -2.52. The number of hydrogen-bond acceptors (Lipinski definition) is 7. The monoisotopic (exact) mass is 396 g/mol. The number of piperidine rings is 1. The lowest BCUT2D eigenvalue weighted by atomic mass is 10.0. The van der Waals surface area contributed by atoms with Crippen LogP contribution in [0.1, 0.15) is 40.5 Å². The summed E-state index contributed by atoms with van der Waals surface area (Å²) in [5.41, 5.74) is 2.98. The lowest BCUT2D eigenvalue weighted by molar-refractivity contribution is -0.136. The number of rotatable bonds is 3. The molecule has 3 aliphatic rings. The third kappa shape index (κ3) is 3.19. The summed E-state index contributed by atoms with van der Waals surface area (Å²) < 4.78 is 7.14. The first-order chi connectivity index (χ1) is 14.1. The van der Waals surface area contributed by atoms with E-state index >= 15 is 0 Å². The highest BCUT2D eigenvalue weighted by atomic mass is 16.5. The van der Waals surface area contributed by atoms with Crippen molar-refractivity contribution in [1.29, 1.82) is 0 Å². The fraction of sp³-hybridized carbons (Fsp3) is 0.421. The van der Waals surface area contributed by atoms with E-state index in [0.717, 1.165) is 23.5 Å². The van der Waals surface area contributed by atoms with Crippen molar-refractivity contribution in [3.8, 4) is 5.69 Å². The van der Waals surface area contributed by atoms with Crippen molar-refractivity contribution in [2.45, 2.75) is 31.5 Å². The van der Waals surface area contributed by atoms with Crippen molar-refractivity contribution in [1.82, 2.24) is 30.5 Å². The van der Waals surface area contributed by atoms with Gasteiger partial charge in [0.15, 0.2) is 0 Å². The Morgan fingerprint density at radius 1 is 1.21 bits per heavy atom. The van der Waals surface area contributed by atoms with Gasteiger partial charge in [0, 0.05) is 25.1 Å². The van der Waals surface area contributed by atoms with Crippen molar-refractivity contribution in [2.24, 2.45) is 0 Å². The average molecular weight is 396 g/mol. The predicted molar refractivity (Wildman–Crippen MR) is 99.0 cm³/mol. The molecule has 2 unspecified atom stereocenters. The summed E-state index contributed by atoms with van der Waals surface area (Å²) in [4.78, 5) is 37.9. The molecule has 3 amide bonds. The van der Waals surface area contributed by atoms with Crippen molar-refractivity contribution in [3.05, 3.63) is 41.2 Å². The van der Waals surface area contributed by atoms with Crippen LogP contribution >= 0.6 is 0 Å². The molecule has 2 saturated heterocycles. The molecule has 0 radical (unpaired) electrons. The Kier molecular flexibility index (Phi) is 4.36. The molecule has 4 heterocycles. The number of nitrogens with zero attached hydrogens (tertiary/aromatic N) is 4. The summed E-state index contributed by atoms with van der Waals surface area (Å²) in [6.07, 6.45) is 2.44. The summed E-state index contributed by atoms with van der Waals surface area (Å²) >= 11 is 0. The van der Waals surface area contributed by atoms with E-state index in [1.807, 2.05) is 18.3 Å². The number of hydrogen-bond donors (Lipinski definition) is 2. The minimum absolute atomic E-state index is 0.0107. The van der Waals surface area contributed by atoms with Crippen LogP contribution in [0, 0.1) is 0 Å². The van der Waals surface area contributed by atoms with Crippen LogP contribution in [0.3, 0.4) is 0 Å². The molecule has 2 fully saturated rings. The Morgan fingerprint density at radius 2 is 2.10 bits per heavy atom. The third-order valence-corrected chi connectivity index (χ3v) is 5.56. The van der Waals surface area contributed by atoms with E-state index < -0.39 is 11.9 Å². The van der Waals surface area contributed by atoms with Crippen LogP contribution in [0.15, 0.2) is 24.4 Å². The van der Waals surface area contributed by atoms with Crippen molar-refractivity contribution in [2.75, 3.05) is 19.8 Å². The van der Waals surface area contributed by atoms with E-state index in [2.05, 4.69) is 20.9 Å². The zero-order valence-corrected chi connectivity index (χ0v) is 15.6. The summed E-state index contributed by atoms with van der Waals surface area (Å²) in [6.45, 7) is 2.34. The van der Waals surface area contributed by atoms with E-state index in [1.165, 1.54) is 4.90 Å². The fourth-order valence-corrected chi connectivity index (χ4v) is 4.02. The predicted octanol–water partition coefficient (Wildman–Crippen LogP) is -0.311. The molecule has 1 aromatic heterocycles. The largest absolute Gasteiger partial charge is 0.378 e. The normalized spacial score (nSPS) is 24.6. The molecule has 2 N–H and O–H groups in total. The summed E-state index contributed by atoms with van der Waals surface area (Å²) in [7, 11) is 0. The maximum atomic E-state index is 12.8. The number of aromatic nitrogens is 3. The number of morpholine rings is 1. The molecule has 0 spiro atoms. The van der Waals surface area contributed by atoms with Crippen LogP contribution in [-0.2, 0) is 20.9 Å². The molecule has 29 heavy (non-hydrogen) atoms. The molecule has 0 aliphatic carbocycles. The smallest absolute Gasteiger partial charge is 0.255 e. The lowest BCUT2D eigenvalue weighted by Gasteiger charge is -2.29. The van der Waals surface area contributed by atoms with Gasteiger partial charge in [0.05, 0.1) is 31.1 Å². The molecule has 10 heteroatoms. The van der Waals surface area contributed by atoms with Crippen LogP contribution in [0.2, 0.25) is 0 Å². The third-order valence-electron chi connectivity index (χ3n) is 5.56. The number of nitrogens with one attached hydrogen (secondary N) is 2. The van der Waals surface area contributed by atoms with Crippen LogP contribution in [0.4, 0.5) is 0 Å². The van der Waals surface area contributed by atoms with Gasteiger partial charge in [0.2, 0.25) is 11.8 Å². The second-order valence-corrected chi connectivity index (χ2v) is 7.41. The van der Waals surface area contributed by atoms with Crippen LogP contribution < -0.4 is 10.6 Å². The molecule has 1 aromatic carbocycles. The summed E-state index contributed by atoms with van der Waals surface area (Å²) in [6, 6.07) is 4.85. The van der Waals surface area contributed by atoms with Gasteiger partial charge in [0.1, 0.15) is 11.7 Å². The molecule has 2 atom stereocenters. The first kappa shape index (κ1) is 18.0. The Balaban J connectivity index is 1.37. The minimum atomic E-state index is -0.619. The second kappa shape index (κ2) is 7.05. The van der Waals surface area contributed by atoms with Crippen molar-refractivity contribution < 1.29 is 19.1 Å². The summed E-state index contributed by atoms with van der Waals surface area (Å²) in [5.74, 6) is -0.896. The zero-order chi connectivity index (χ0) is 20.0. The first-order valence-electron chi connectivity index (χ1n) is 9.61. The highest BCUT2D eigenvalue weighted by Gasteiger charge is 2.39. The SMILES string of the molecule is O=C1CCC(N2Cc3cc(-n4cc(C5COCCN5)nn4)ccc3C2=O)C(=O)N1. The Hall–Kier alpha value is -3.11. The van der Waals surface area contributed by atoms with Gasteiger partial charge in [0.25, 0.3) is 5.91 Å². The number of amides is 3. The van der Waals surface area contributed by atoms with E-state index in [9.17, 15) is 14.4 Å². The van der Waals surface area contributed by atoms with Crippen molar-refractivity contribution >= 4 is 17.7 Å². The second-order valence-electron chi connectivity index (χ2n) is 7.41. The zero-order valence-electron chi connectivity index (χ0n) is 15.6. The van der Waals surface area contributed by atoms with Gasteiger partial charge in [-0.15, -0.1) is 5.10 Å². The molecular formula is C19H20N6O4. The van der Waals surface area contributed by atoms with Gasteiger partial charge >= 0.3 is 0 Å². The summed E-state index contributed by atoms with van der Waals surface area (Å²) in [5, 5.41) is 14.1. The van der Waals surface area contributed by atoms with Crippen LogP contribution in [-0.4, -0.2) is 63.4 Å². The highest BCUT2D eigenvalue weighted by Crippen LogP contribution is 2.29. The molecule has 0 saturated carbocycles. The van der Waals surface area contributed by atoms with Crippen LogP contribution in [0.5, 0.6) is 0 Å². The number of carbonyl (C=O) groups is 3. The first-order valence-corrected chi connectivity index (χ1v) is 9.61. The van der Waals surface area contributed by atoms with E-state index in [0.29, 0.717) is 31.7 Å². The van der Waals surface area contributed by atoms with Gasteiger partial charge in [-0.25, -0.2) is 4.68 Å². The Morgan fingerprint density at radius 3 is 2.90 bits per heavy atom. The quantitative estimate of drug-likeness (QED) is 0.683. The molecular weight excluding hydrogens is 376 g/mol. The minimum Gasteiger partial charge on any atom is -0.378 e. The molecule has 150 valence electrons. The number of imide groups is 1.